The number of carbonyl (C=O) groups is 1. The second-order valence-electron chi connectivity index (χ2n) is 4.48. The molecule has 9 nitrogen and oxygen atoms in total. The molecular weight excluding hydrogens is 278 g/mol. The van der Waals surface area contributed by atoms with E-state index in [9.17, 15) is 20.0 Å². The summed E-state index contributed by atoms with van der Waals surface area (Å²) in [6, 6.07) is 3.99. The lowest BCUT2D eigenvalue weighted by Gasteiger charge is -2.04. The number of aliphatic hydroxyl groups excluding tert-OH is 1. The van der Waals surface area contributed by atoms with Crippen LogP contribution >= 0.6 is 0 Å². The number of carbonyl (C=O) groups excluding carboxylic acids is 1. The summed E-state index contributed by atoms with van der Waals surface area (Å²) in [4.78, 5) is 21.5. The van der Waals surface area contributed by atoms with Crippen molar-refractivity contribution >= 4 is 11.6 Å². The molecule has 1 aromatic carbocycles. The lowest BCUT2D eigenvalue weighted by atomic mass is 10.1. The Labute approximate surface area is 119 Å². The van der Waals surface area contributed by atoms with Gasteiger partial charge in [0.2, 0.25) is 5.91 Å². The number of hydrogen-bond acceptors (Lipinski definition) is 6. The van der Waals surface area contributed by atoms with Crippen molar-refractivity contribution in [1.29, 1.82) is 0 Å². The Balaban J connectivity index is 2.34. The Morgan fingerprint density at radius 3 is 2.81 bits per heavy atom. The van der Waals surface area contributed by atoms with Gasteiger partial charge < -0.3 is 10.8 Å². The van der Waals surface area contributed by atoms with Crippen molar-refractivity contribution in [2.75, 3.05) is 0 Å². The van der Waals surface area contributed by atoms with Gasteiger partial charge in [-0.3, -0.25) is 14.9 Å². The third-order valence-electron chi connectivity index (χ3n) is 2.88. The first-order valence-electron chi connectivity index (χ1n) is 6.03. The van der Waals surface area contributed by atoms with E-state index in [1.165, 1.54) is 23.0 Å². The number of aliphatic hydroxyl groups is 1. The maximum absolute atomic E-state index is 11.1. The third-order valence-corrected chi connectivity index (χ3v) is 2.88. The van der Waals surface area contributed by atoms with Crippen LogP contribution in [0.1, 0.15) is 34.6 Å². The minimum Gasteiger partial charge on any atom is -0.387 e. The van der Waals surface area contributed by atoms with E-state index in [-0.39, 0.29) is 17.8 Å². The third kappa shape index (κ3) is 3.20. The summed E-state index contributed by atoms with van der Waals surface area (Å²) in [6.45, 7) is 1.63. The first-order valence-corrected chi connectivity index (χ1v) is 6.03. The molecule has 1 heterocycles. The van der Waals surface area contributed by atoms with E-state index in [1.54, 1.807) is 6.92 Å². The fraction of sp³-hybridized carbons (Fsp3) is 0.250. The Hall–Kier alpha value is -2.81. The van der Waals surface area contributed by atoms with Crippen molar-refractivity contribution in [1.82, 2.24) is 15.0 Å². The van der Waals surface area contributed by atoms with E-state index < -0.39 is 16.9 Å². The van der Waals surface area contributed by atoms with Crippen LogP contribution in [0.15, 0.2) is 24.4 Å². The molecule has 1 unspecified atom stereocenters. The van der Waals surface area contributed by atoms with Gasteiger partial charge in [-0.25, -0.2) is 4.68 Å². The van der Waals surface area contributed by atoms with Crippen LogP contribution in [0.4, 0.5) is 5.69 Å². The minimum atomic E-state index is -0.772. The van der Waals surface area contributed by atoms with E-state index in [0.717, 1.165) is 6.07 Å². The van der Waals surface area contributed by atoms with Gasteiger partial charge in [0.05, 0.1) is 29.3 Å². The first kappa shape index (κ1) is 14.6. The maximum atomic E-state index is 11.1. The molecule has 0 bridgehead atoms. The van der Waals surface area contributed by atoms with Gasteiger partial charge in [0, 0.05) is 11.6 Å². The zero-order valence-corrected chi connectivity index (χ0v) is 11.1. The molecule has 2 rings (SSSR count). The average molecular weight is 291 g/mol. The van der Waals surface area contributed by atoms with Crippen LogP contribution in [0.5, 0.6) is 0 Å². The van der Waals surface area contributed by atoms with Crippen LogP contribution in [-0.4, -0.2) is 30.9 Å². The topological polar surface area (TPSA) is 137 Å². The molecule has 0 fully saturated rings. The lowest BCUT2D eigenvalue weighted by molar-refractivity contribution is -0.385. The molecule has 9 heteroatoms. The fourth-order valence-corrected chi connectivity index (χ4v) is 1.78. The molecule has 110 valence electrons. The van der Waals surface area contributed by atoms with Crippen LogP contribution in [0.2, 0.25) is 0 Å². The predicted molar refractivity (Wildman–Crippen MR) is 71.4 cm³/mol. The Morgan fingerprint density at radius 2 is 2.29 bits per heavy atom. The largest absolute Gasteiger partial charge is 0.387 e. The van der Waals surface area contributed by atoms with Crippen LogP contribution < -0.4 is 5.73 Å². The Kier molecular flexibility index (Phi) is 3.94. The second-order valence-corrected chi connectivity index (χ2v) is 4.48. The van der Waals surface area contributed by atoms with Gasteiger partial charge >= 0.3 is 0 Å². The number of primary amides is 1. The van der Waals surface area contributed by atoms with Crippen molar-refractivity contribution in [3.63, 3.8) is 0 Å². The molecule has 0 aliphatic carbocycles. The Morgan fingerprint density at radius 1 is 1.57 bits per heavy atom. The molecule has 0 aliphatic heterocycles. The fourth-order valence-electron chi connectivity index (χ4n) is 1.78. The summed E-state index contributed by atoms with van der Waals surface area (Å²) in [5.41, 5.74) is 5.67. The standard InChI is InChI=1S/C12H13N5O4/c1-7(18)10-6-16(15-14-10)5-9-3-2-8(12(13)19)4-11(9)17(20)21/h2-4,6-7,18H,5H2,1H3,(H2,13,19). The van der Waals surface area contributed by atoms with Gasteiger partial charge in [-0.2, -0.15) is 0 Å². The predicted octanol–water partition coefficient (Wildman–Crippen LogP) is 0.387. The molecule has 3 N–H and O–H groups in total. The second kappa shape index (κ2) is 5.67. The van der Waals surface area contributed by atoms with E-state index >= 15 is 0 Å². The molecule has 1 aromatic heterocycles. The van der Waals surface area contributed by atoms with Crippen molar-refractivity contribution < 1.29 is 14.8 Å². The smallest absolute Gasteiger partial charge is 0.275 e. The van der Waals surface area contributed by atoms with Crippen LogP contribution in [0.25, 0.3) is 0 Å². The molecule has 0 spiro atoms. The quantitative estimate of drug-likeness (QED) is 0.603. The van der Waals surface area contributed by atoms with Gasteiger partial charge in [0.25, 0.3) is 5.69 Å². The number of benzene rings is 1. The van der Waals surface area contributed by atoms with Gasteiger partial charge in [0.1, 0.15) is 5.69 Å². The number of rotatable bonds is 5. The summed E-state index contributed by atoms with van der Waals surface area (Å²) < 4.78 is 1.37. The normalized spacial score (nSPS) is 12.1. The first-order chi connectivity index (χ1) is 9.88. The molecule has 0 saturated heterocycles. The van der Waals surface area contributed by atoms with Crippen molar-refractivity contribution in [2.24, 2.45) is 5.73 Å². The van der Waals surface area contributed by atoms with E-state index in [1.807, 2.05) is 0 Å². The minimum absolute atomic E-state index is 0.0636. The van der Waals surface area contributed by atoms with Crippen LogP contribution in [0, 0.1) is 10.1 Å². The lowest BCUT2D eigenvalue weighted by Crippen LogP contribution is -2.12. The number of amides is 1. The zero-order chi connectivity index (χ0) is 15.6. The average Bonchev–Trinajstić information content (AvgIpc) is 2.87. The number of nitro benzene ring substituents is 1. The number of nitrogens with zero attached hydrogens (tertiary/aromatic N) is 4. The number of nitro groups is 1. The molecule has 0 saturated carbocycles. The summed E-state index contributed by atoms with van der Waals surface area (Å²) in [5, 5.41) is 28.0. The molecule has 1 atom stereocenters. The van der Waals surface area contributed by atoms with E-state index in [2.05, 4.69) is 10.3 Å². The summed E-state index contributed by atoms with van der Waals surface area (Å²) in [7, 11) is 0. The Bertz CT molecular complexity index is 695. The van der Waals surface area contributed by atoms with Gasteiger partial charge in [0.15, 0.2) is 0 Å². The zero-order valence-electron chi connectivity index (χ0n) is 11.1. The molecule has 0 radical (unpaired) electrons. The number of nitrogens with two attached hydrogens (primary N) is 1. The highest BCUT2D eigenvalue weighted by atomic mass is 16.6. The molecule has 1 amide bonds. The van der Waals surface area contributed by atoms with Crippen molar-refractivity contribution in [3.05, 3.63) is 51.3 Å². The highest BCUT2D eigenvalue weighted by Gasteiger charge is 2.17. The van der Waals surface area contributed by atoms with E-state index in [4.69, 9.17) is 5.73 Å². The highest BCUT2D eigenvalue weighted by molar-refractivity contribution is 5.93. The van der Waals surface area contributed by atoms with Crippen LogP contribution in [-0.2, 0) is 6.54 Å². The van der Waals surface area contributed by atoms with Gasteiger partial charge in [-0.1, -0.05) is 5.21 Å². The van der Waals surface area contributed by atoms with Gasteiger partial charge in [-0.05, 0) is 19.1 Å². The SMILES string of the molecule is CC(O)c1cn(Cc2ccc(C(N)=O)cc2[N+](=O)[O-])nn1. The summed E-state index contributed by atoms with van der Waals surface area (Å²) >= 11 is 0. The molecule has 0 aliphatic rings. The molecular formula is C12H13N5O4. The molecule has 2 aromatic rings. The summed E-state index contributed by atoms with van der Waals surface area (Å²) in [6.07, 6.45) is 0.724. The molecule has 21 heavy (non-hydrogen) atoms. The maximum Gasteiger partial charge on any atom is 0.275 e. The van der Waals surface area contributed by atoms with Gasteiger partial charge in [-0.15, -0.1) is 5.10 Å². The highest BCUT2D eigenvalue weighted by Crippen LogP contribution is 2.21. The monoisotopic (exact) mass is 291 g/mol. The van der Waals surface area contributed by atoms with Crippen molar-refractivity contribution in [2.45, 2.75) is 19.6 Å². The number of aromatic nitrogens is 3. The summed E-state index contributed by atoms with van der Waals surface area (Å²) in [5.74, 6) is -0.734. The number of hydrogen-bond donors (Lipinski definition) is 2. The van der Waals surface area contributed by atoms with E-state index in [0.29, 0.717) is 11.3 Å². The van der Waals surface area contributed by atoms with Crippen molar-refractivity contribution in [3.8, 4) is 0 Å². The van der Waals surface area contributed by atoms with Crippen LogP contribution in [0.3, 0.4) is 0 Å².